The van der Waals surface area contributed by atoms with Crippen molar-refractivity contribution in [3.8, 4) is 17.2 Å². The van der Waals surface area contributed by atoms with Crippen molar-refractivity contribution in [1.29, 1.82) is 0 Å². The fourth-order valence-corrected chi connectivity index (χ4v) is 9.48. The number of benzene rings is 3. The minimum absolute atomic E-state index is 0.0198. The Balaban J connectivity index is 1.16. The van der Waals surface area contributed by atoms with Gasteiger partial charge in [-0.15, -0.1) is 0 Å². The highest BCUT2D eigenvalue weighted by Crippen LogP contribution is 2.52. The number of nitrogens with one attached hydrogen (secondary N) is 5. The lowest BCUT2D eigenvalue weighted by molar-refractivity contribution is -0.249. The van der Waals surface area contributed by atoms with Crippen LogP contribution in [0.2, 0.25) is 0 Å². The Morgan fingerprint density at radius 2 is 1.50 bits per heavy atom. The lowest BCUT2D eigenvalue weighted by atomic mass is 9.72. The standard InChI is InChI=1S/C52H66N6O16/c1-24(2)15-32(58-51(70)33(16-28-11-8-7-9-12-28)57-38(62)21-54-49(68)26(4)25(3)20-53)50(69)55-22-37(61)56-31-17-39(73-27(5)44(31)63)74-35-19-52(71,36(60)23-59)18-30-41(35)48(67)43-42(46(30)65)45(64)29-13-10-14-34(72-6)40(29)47(43)66/h7-14,24-27,31-33,35,39,44,59,63,65,67,71H,15-23,53H2,1-6H3,(H,54,68)(H,55,69)(H,56,61)(H,57,62)(H,58,70)/t25?,26?,27?,31?,32?,33?,35-,39?,44?,52-/m1/s1. The first-order chi connectivity index (χ1) is 35.0. The van der Waals surface area contributed by atoms with Crippen molar-refractivity contribution in [2.45, 2.75) is 115 Å². The number of aromatic hydroxyl groups is 2. The molecule has 1 fully saturated rings. The van der Waals surface area contributed by atoms with E-state index < -0.39 is 150 Å². The molecule has 74 heavy (non-hydrogen) atoms. The van der Waals surface area contributed by atoms with E-state index in [1.807, 2.05) is 13.8 Å². The number of aliphatic hydroxyl groups excluding tert-OH is 2. The Morgan fingerprint density at radius 1 is 0.838 bits per heavy atom. The summed E-state index contributed by atoms with van der Waals surface area (Å²) in [5, 5.41) is 69.4. The van der Waals surface area contributed by atoms with Crippen molar-refractivity contribution >= 4 is 46.9 Å². The predicted octanol–water partition coefficient (Wildman–Crippen LogP) is -0.119. The molecule has 0 bridgehead atoms. The molecule has 0 saturated carbocycles. The van der Waals surface area contributed by atoms with Gasteiger partial charge in [-0.05, 0) is 43.4 Å². The van der Waals surface area contributed by atoms with Crippen LogP contribution in [-0.2, 0) is 51.1 Å². The highest BCUT2D eigenvalue weighted by Gasteiger charge is 2.50. The van der Waals surface area contributed by atoms with Crippen molar-refractivity contribution in [3.63, 3.8) is 0 Å². The zero-order chi connectivity index (χ0) is 54.3. The molecule has 6 rings (SSSR count). The molecular formula is C52H66N6O16. The zero-order valence-electron chi connectivity index (χ0n) is 42.1. The van der Waals surface area contributed by atoms with Crippen molar-refractivity contribution in [2.75, 3.05) is 33.4 Å². The third-order valence-corrected chi connectivity index (χ3v) is 13.9. The number of ether oxygens (including phenoxy) is 3. The molecule has 22 nitrogen and oxygen atoms in total. The molecular weight excluding hydrogens is 965 g/mol. The van der Waals surface area contributed by atoms with Gasteiger partial charge in [0.15, 0.2) is 17.9 Å². The molecule has 1 heterocycles. The van der Waals surface area contributed by atoms with Gasteiger partial charge in [0.2, 0.25) is 35.3 Å². The number of nitrogens with two attached hydrogens (primary N) is 1. The summed E-state index contributed by atoms with van der Waals surface area (Å²) in [5.41, 5.74) is 1.93. The number of carbonyl (C=O) groups excluding carboxylic acids is 8. The second-order valence-corrected chi connectivity index (χ2v) is 19.6. The average molecular weight is 1030 g/mol. The maximum absolute atomic E-state index is 14.1. The van der Waals surface area contributed by atoms with Crippen molar-refractivity contribution in [3.05, 3.63) is 87.5 Å². The van der Waals surface area contributed by atoms with E-state index in [9.17, 15) is 63.9 Å². The molecule has 10 atom stereocenters. The molecule has 0 spiro atoms. The molecule has 2 aliphatic carbocycles. The summed E-state index contributed by atoms with van der Waals surface area (Å²) in [4.78, 5) is 108. The Labute approximate surface area is 427 Å². The lowest BCUT2D eigenvalue weighted by Crippen LogP contribution is -2.58. The van der Waals surface area contributed by atoms with Crippen LogP contribution in [0.1, 0.15) is 109 Å². The first-order valence-corrected chi connectivity index (χ1v) is 24.4. The van der Waals surface area contributed by atoms with Gasteiger partial charge in [-0.3, -0.25) is 38.4 Å². The van der Waals surface area contributed by atoms with Crippen LogP contribution in [0.25, 0.3) is 0 Å². The van der Waals surface area contributed by atoms with Crippen LogP contribution in [0.5, 0.6) is 17.2 Å². The van der Waals surface area contributed by atoms with Crippen LogP contribution in [0.3, 0.4) is 0 Å². The summed E-state index contributed by atoms with van der Waals surface area (Å²) < 4.78 is 17.5. The van der Waals surface area contributed by atoms with Gasteiger partial charge in [-0.1, -0.05) is 70.2 Å². The number of ketones is 3. The van der Waals surface area contributed by atoms with Crippen LogP contribution in [0.4, 0.5) is 0 Å². The number of aliphatic hydroxyl groups is 3. The number of fused-ring (bicyclic) bond motifs is 3. The van der Waals surface area contributed by atoms with E-state index in [0.717, 1.165) is 0 Å². The fraction of sp³-hybridized carbons (Fsp3) is 0.500. The summed E-state index contributed by atoms with van der Waals surface area (Å²) in [6, 6.07) is 9.56. The third kappa shape index (κ3) is 12.4. The molecule has 400 valence electrons. The van der Waals surface area contributed by atoms with E-state index in [2.05, 4.69) is 26.6 Å². The average Bonchev–Trinajstić information content (AvgIpc) is 3.37. The van der Waals surface area contributed by atoms with Crippen molar-refractivity contribution in [1.82, 2.24) is 26.6 Å². The Bertz CT molecular complexity index is 2650. The van der Waals surface area contributed by atoms with Gasteiger partial charge in [0.1, 0.15) is 47.6 Å². The van der Waals surface area contributed by atoms with Crippen LogP contribution < -0.4 is 37.1 Å². The van der Waals surface area contributed by atoms with E-state index in [0.29, 0.717) is 5.56 Å². The van der Waals surface area contributed by atoms with Gasteiger partial charge in [-0.25, -0.2) is 0 Å². The van der Waals surface area contributed by atoms with Gasteiger partial charge in [0.25, 0.3) is 0 Å². The van der Waals surface area contributed by atoms with Gasteiger partial charge < -0.3 is 72.1 Å². The third-order valence-electron chi connectivity index (χ3n) is 13.9. The summed E-state index contributed by atoms with van der Waals surface area (Å²) in [7, 11) is 1.28. The number of hydrogen-bond acceptors (Lipinski definition) is 17. The van der Waals surface area contributed by atoms with Gasteiger partial charge in [0.05, 0.1) is 55.1 Å². The smallest absolute Gasteiger partial charge is 0.243 e. The number of amides is 5. The maximum atomic E-state index is 14.1. The zero-order valence-corrected chi connectivity index (χ0v) is 42.1. The van der Waals surface area contributed by atoms with E-state index in [4.69, 9.17) is 19.9 Å². The van der Waals surface area contributed by atoms with E-state index >= 15 is 0 Å². The maximum Gasteiger partial charge on any atom is 0.243 e. The molecule has 3 aromatic rings. The lowest BCUT2D eigenvalue weighted by Gasteiger charge is -2.43. The topological polar surface area (TPSA) is 352 Å². The number of rotatable bonds is 21. The first-order valence-electron chi connectivity index (χ1n) is 24.4. The van der Waals surface area contributed by atoms with Crippen molar-refractivity contribution in [2.24, 2.45) is 23.5 Å². The number of Topliss-reactive ketones (excluding diaryl/α,β-unsaturated/α-hetero) is 1. The van der Waals surface area contributed by atoms with E-state index in [1.165, 1.54) is 32.2 Å². The second-order valence-electron chi connectivity index (χ2n) is 19.6. The molecule has 0 aromatic heterocycles. The van der Waals surface area contributed by atoms with Gasteiger partial charge in [-0.2, -0.15) is 0 Å². The van der Waals surface area contributed by atoms with Crippen LogP contribution in [0, 0.1) is 17.8 Å². The SMILES string of the molecule is COc1cccc2c1C(=O)c1c(O)c3c(c(O)c1C2=O)C[C@](O)(C(=O)CO)C[C@H]3OC1CC(NC(=O)CNC(=O)C(CC(C)C)NC(=O)C(Cc2ccccc2)NC(=O)CNC(=O)C(C)C(C)CN)C(O)C(C)O1. The molecule has 12 N–H and O–H groups in total. The number of hydrogen-bond donors (Lipinski definition) is 11. The number of phenolic OH excluding ortho intramolecular Hbond substituents is 2. The Morgan fingerprint density at radius 3 is 2.15 bits per heavy atom. The highest BCUT2D eigenvalue weighted by molar-refractivity contribution is 6.31. The molecule has 1 saturated heterocycles. The second kappa shape index (κ2) is 24.0. The molecule has 0 radical (unpaired) electrons. The molecule has 1 aliphatic heterocycles. The van der Waals surface area contributed by atoms with Gasteiger partial charge >= 0.3 is 0 Å². The largest absolute Gasteiger partial charge is 0.507 e. The molecule has 8 unspecified atom stereocenters. The van der Waals surface area contributed by atoms with Crippen LogP contribution in [0.15, 0.2) is 48.5 Å². The Kier molecular flexibility index (Phi) is 18.3. The fourth-order valence-electron chi connectivity index (χ4n) is 9.48. The molecule has 3 aliphatic rings. The van der Waals surface area contributed by atoms with Crippen LogP contribution >= 0.6 is 0 Å². The minimum Gasteiger partial charge on any atom is -0.507 e. The Hall–Kier alpha value is -6.82. The molecule has 3 aromatic carbocycles. The van der Waals surface area contributed by atoms with E-state index in [-0.39, 0.29) is 71.6 Å². The number of phenols is 2. The normalized spacial score (nSPS) is 22.7. The van der Waals surface area contributed by atoms with E-state index in [1.54, 1.807) is 44.2 Å². The highest BCUT2D eigenvalue weighted by atomic mass is 16.7. The van der Waals surface area contributed by atoms with Crippen LogP contribution in [-0.4, -0.2) is 148 Å². The van der Waals surface area contributed by atoms with Gasteiger partial charge in [0, 0.05) is 48.3 Å². The van der Waals surface area contributed by atoms with Crippen molar-refractivity contribution < 1.29 is 78.1 Å². The summed E-state index contributed by atoms with van der Waals surface area (Å²) >= 11 is 0. The summed E-state index contributed by atoms with van der Waals surface area (Å²) in [6.45, 7) is 6.66. The number of carbonyl (C=O) groups is 8. The molecule has 5 amide bonds. The minimum atomic E-state index is -2.43. The summed E-state index contributed by atoms with van der Waals surface area (Å²) in [5.74, 6) is -8.40. The quantitative estimate of drug-likeness (QED) is 0.0485. The number of methoxy groups -OCH3 is 1. The predicted molar refractivity (Wildman–Crippen MR) is 263 cm³/mol. The first kappa shape index (κ1) is 56.5. The molecule has 22 heteroatoms. The summed E-state index contributed by atoms with van der Waals surface area (Å²) in [6.07, 6.45) is -6.87. The monoisotopic (exact) mass is 1030 g/mol.